The molecule has 0 saturated heterocycles. The van der Waals surface area contributed by atoms with Gasteiger partial charge in [-0.15, -0.1) is 0 Å². The first-order valence-corrected chi connectivity index (χ1v) is 8.85. The van der Waals surface area contributed by atoms with Gasteiger partial charge in [0.1, 0.15) is 11.5 Å². The van der Waals surface area contributed by atoms with Gasteiger partial charge in [0.15, 0.2) is 17.6 Å². The normalized spacial score (nSPS) is 11.6. The second-order valence-electron chi connectivity index (χ2n) is 6.31. The van der Waals surface area contributed by atoms with Crippen molar-refractivity contribution in [2.24, 2.45) is 0 Å². The van der Waals surface area contributed by atoms with Gasteiger partial charge in [-0.2, -0.15) is 0 Å². The summed E-state index contributed by atoms with van der Waals surface area (Å²) in [7, 11) is 3.18. The van der Waals surface area contributed by atoms with Gasteiger partial charge in [-0.1, -0.05) is 12.1 Å². The first kappa shape index (κ1) is 20.4. The number of carbonyl (C=O) groups is 1. The molecule has 6 nitrogen and oxygen atoms in total. The summed E-state index contributed by atoms with van der Waals surface area (Å²) in [5.74, 6) is 2.36. The van der Waals surface area contributed by atoms with Gasteiger partial charge < -0.3 is 24.3 Å². The summed E-state index contributed by atoms with van der Waals surface area (Å²) < 4.78 is 21.9. The van der Waals surface area contributed by atoms with Crippen LogP contribution < -0.4 is 24.3 Å². The standard InChI is InChI=1S/C21H27NO5/c1-14(2)26-19-10-9-16(11-20(19)25-5)13-22-21(23)15(3)27-18-8-6-7-17(12-18)24-4/h6-12,14-15H,13H2,1-5H3,(H,22,23)/t15-/m1/s1. The zero-order valence-corrected chi connectivity index (χ0v) is 16.4. The van der Waals surface area contributed by atoms with Crippen LogP contribution >= 0.6 is 0 Å². The lowest BCUT2D eigenvalue weighted by atomic mass is 10.2. The van der Waals surface area contributed by atoms with Crippen LogP contribution in [0.2, 0.25) is 0 Å². The van der Waals surface area contributed by atoms with Crippen molar-refractivity contribution in [3.05, 3.63) is 48.0 Å². The van der Waals surface area contributed by atoms with Crippen LogP contribution in [0, 0.1) is 0 Å². The molecule has 0 heterocycles. The lowest BCUT2D eigenvalue weighted by molar-refractivity contribution is -0.127. The fraction of sp³-hybridized carbons (Fsp3) is 0.381. The number of rotatable bonds is 9. The lowest BCUT2D eigenvalue weighted by Crippen LogP contribution is -2.35. The molecule has 1 atom stereocenters. The van der Waals surface area contributed by atoms with Crippen molar-refractivity contribution >= 4 is 5.91 Å². The Morgan fingerprint density at radius 3 is 2.33 bits per heavy atom. The van der Waals surface area contributed by atoms with Gasteiger partial charge in [0.05, 0.1) is 20.3 Å². The molecule has 0 bridgehead atoms. The fourth-order valence-corrected chi connectivity index (χ4v) is 2.44. The molecule has 0 aliphatic rings. The van der Waals surface area contributed by atoms with E-state index in [9.17, 15) is 4.79 Å². The zero-order chi connectivity index (χ0) is 19.8. The molecule has 0 aliphatic heterocycles. The predicted octanol–water partition coefficient (Wildman–Crippen LogP) is 3.57. The first-order chi connectivity index (χ1) is 12.9. The van der Waals surface area contributed by atoms with E-state index >= 15 is 0 Å². The number of ether oxygens (including phenoxy) is 4. The zero-order valence-electron chi connectivity index (χ0n) is 16.4. The summed E-state index contributed by atoms with van der Waals surface area (Å²) in [4.78, 5) is 12.3. The van der Waals surface area contributed by atoms with Crippen LogP contribution in [0.4, 0.5) is 0 Å². The summed E-state index contributed by atoms with van der Waals surface area (Å²) in [5.41, 5.74) is 0.907. The van der Waals surface area contributed by atoms with E-state index < -0.39 is 6.10 Å². The van der Waals surface area contributed by atoms with Crippen molar-refractivity contribution in [2.45, 2.75) is 39.5 Å². The Morgan fingerprint density at radius 1 is 0.926 bits per heavy atom. The maximum absolute atomic E-state index is 12.3. The predicted molar refractivity (Wildman–Crippen MR) is 104 cm³/mol. The van der Waals surface area contributed by atoms with E-state index in [1.54, 1.807) is 33.3 Å². The topological polar surface area (TPSA) is 66.0 Å². The summed E-state index contributed by atoms with van der Waals surface area (Å²) in [6, 6.07) is 12.7. The molecular formula is C21H27NO5. The minimum Gasteiger partial charge on any atom is -0.497 e. The van der Waals surface area contributed by atoms with Gasteiger partial charge in [0, 0.05) is 12.6 Å². The number of methoxy groups -OCH3 is 2. The van der Waals surface area contributed by atoms with E-state index in [2.05, 4.69) is 5.32 Å². The molecule has 2 aromatic rings. The quantitative estimate of drug-likeness (QED) is 0.728. The fourth-order valence-electron chi connectivity index (χ4n) is 2.44. The molecule has 146 valence electrons. The van der Waals surface area contributed by atoms with E-state index in [0.29, 0.717) is 29.5 Å². The number of amides is 1. The molecule has 0 unspecified atom stereocenters. The largest absolute Gasteiger partial charge is 0.497 e. The average Bonchev–Trinajstić information content (AvgIpc) is 2.66. The van der Waals surface area contributed by atoms with Crippen molar-refractivity contribution in [3.63, 3.8) is 0 Å². The molecule has 1 N–H and O–H groups in total. The van der Waals surface area contributed by atoms with Crippen molar-refractivity contribution in [3.8, 4) is 23.0 Å². The highest BCUT2D eigenvalue weighted by Gasteiger charge is 2.15. The number of benzene rings is 2. The average molecular weight is 373 g/mol. The highest BCUT2D eigenvalue weighted by Crippen LogP contribution is 2.29. The van der Waals surface area contributed by atoms with Gasteiger partial charge in [-0.05, 0) is 50.6 Å². The molecule has 0 radical (unpaired) electrons. The third-order valence-electron chi connectivity index (χ3n) is 3.78. The highest BCUT2D eigenvalue weighted by atomic mass is 16.5. The molecule has 27 heavy (non-hydrogen) atoms. The maximum atomic E-state index is 12.3. The molecular weight excluding hydrogens is 346 g/mol. The molecule has 0 spiro atoms. The van der Waals surface area contributed by atoms with Crippen molar-refractivity contribution in [2.75, 3.05) is 14.2 Å². The summed E-state index contributed by atoms with van der Waals surface area (Å²) in [5, 5.41) is 2.87. The highest BCUT2D eigenvalue weighted by molar-refractivity contribution is 5.80. The Hall–Kier alpha value is -2.89. The maximum Gasteiger partial charge on any atom is 0.261 e. The van der Waals surface area contributed by atoms with Crippen molar-refractivity contribution in [1.82, 2.24) is 5.32 Å². The molecule has 0 aromatic heterocycles. The summed E-state index contributed by atoms with van der Waals surface area (Å²) >= 11 is 0. The molecule has 6 heteroatoms. The number of carbonyl (C=O) groups excluding carboxylic acids is 1. The van der Waals surface area contributed by atoms with E-state index in [1.807, 2.05) is 44.2 Å². The molecule has 2 aromatic carbocycles. The Bertz CT molecular complexity index is 760. The Morgan fingerprint density at radius 2 is 1.67 bits per heavy atom. The molecule has 0 fully saturated rings. The Labute approximate surface area is 160 Å². The minimum atomic E-state index is -0.637. The summed E-state index contributed by atoms with van der Waals surface area (Å²) in [6.07, 6.45) is -0.582. The molecule has 0 aliphatic carbocycles. The van der Waals surface area contributed by atoms with Gasteiger partial charge >= 0.3 is 0 Å². The number of nitrogens with one attached hydrogen (secondary N) is 1. The van der Waals surface area contributed by atoms with Gasteiger partial charge in [0.2, 0.25) is 0 Å². The third kappa shape index (κ3) is 6.09. The van der Waals surface area contributed by atoms with E-state index in [0.717, 1.165) is 5.56 Å². The Balaban J connectivity index is 1.93. The minimum absolute atomic E-state index is 0.0547. The van der Waals surface area contributed by atoms with Crippen LogP contribution in [-0.2, 0) is 11.3 Å². The van der Waals surface area contributed by atoms with Crippen LogP contribution in [-0.4, -0.2) is 32.3 Å². The van der Waals surface area contributed by atoms with Crippen LogP contribution in [0.3, 0.4) is 0 Å². The van der Waals surface area contributed by atoms with E-state index in [4.69, 9.17) is 18.9 Å². The molecule has 1 amide bonds. The third-order valence-corrected chi connectivity index (χ3v) is 3.78. The van der Waals surface area contributed by atoms with Gasteiger partial charge in [-0.25, -0.2) is 0 Å². The summed E-state index contributed by atoms with van der Waals surface area (Å²) in [6.45, 7) is 5.98. The van der Waals surface area contributed by atoms with E-state index in [1.165, 1.54) is 0 Å². The second-order valence-corrected chi connectivity index (χ2v) is 6.31. The van der Waals surface area contributed by atoms with Gasteiger partial charge in [0.25, 0.3) is 5.91 Å². The van der Waals surface area contributed by atoms with Crippen LogP contribution in [0.25, 0.3) is 0 Å². The van der Waals surface area contributed by atoms with Crippen LogP contribution in [0.15, 0.2) is 42.5 Å². The SMILES string of the molecule is COc1cccc(O[C@H](C)C(=O)NCc2ccc(OC(C)C)c(OC)c2)c1. The first-order valence-electron chi connectivity index (χ1n) is 8.85. The van der Waals surface area contributed by atoms with Gasteiger partial charge in [-0.3, -0.25) is 4.79 Å². The Kier molecular flexibility index (Phi) is 7.34. The van der Waals surface area contributed by atoms with Crippen LogP contribution in [0.1, 0.15) is 26.3 Å². The van der Waals surface area contributed by atoms with Crippen molar-refractivity contribution < 1.29 is 23.7 Å². The monoisotopic (exact) mass is 373 g/mol. The van der Waals surface area contributed by atoms with E-state index in [-0.39, 0.29) is 12.0 Å². The van der Waals surface area contributed by atoms with Crippen LogP contribution in [0.5, 0.6) is 23.0 Å². The van der Waals surface area contributed by atoms with Crippen molar-refractivity contribution in [1.29, 1.82) is 0 Å². The molecule has 2 rings (SSSR count). The lowest BCUT2D eigenvalue weighted by Gasteiger charge is -2.16. The smallest absolute Gasteiger partial charge is 0.261 e. The second kappa shape index (κ2) is 9.71. The number of hydrogen-bond acceptors (Lipinski definition) is 5. The molecule has 0 saturated carbocycles. The number of hydrogen-bond donors (Lipinski definition) is 1.